The second-order valence-electron chi connectivity index (χ2n) is 4.56. The first-order chi connectivity index (χ1) is 7.58. The lowest BCUT2D eigenvalue weighted by atomic mass is 9.82. The number of rotatable bonds is 1. The molecule has 0 saturated heterocycles. The van der Waals surface area contributed by atoms with Gasteiger partial charge in [-0.15, -0.1) is 0 Å². The van der Waals surface area contributed by atoms with Crippen molar-refractivity contribution in [2.75, 3.05) is 0 Å². The highest BCUT2D eigenvalue weighted by Gasteiger charge is 2.23. The standard InChI is InChI=1S/C11H15IN2O2/c1-6-3-2-4-7(5-6)9-13-10(15)8(12)11(16)14-9/h6-7H,2-5H2,1H3,(H2,13,14,15,16). The molecule has 2 N–H and O–H groups in total. The number of H-pyrrole nitrogens is 1. The summed E-state index contributed by atoms with van der Waals surface area (Å²) in [5, 5.41) is 9.54. The molecule has 88 valence electrons. The van der Waals surface area contributed by atoms with Crippen molar-refractivity contribution in [3.05, 3.63) is 19.7 Å². The second-order valence-corrected chi connectivity index (χ2v) is 5.64. The zero-order chi connectivity index (χ0) is 11.7. The van der Waals surface area contributed by atoms with Crippen molar-refractivity contribution in [3.63, 3.8) is 0 Å². The number of halogens is 1. The van der Waals surface area contributed by atoms with Crippen LogP contribution in [-0.2, 0) is 0 Å². The Morgan fingerprint density at radius 1 is 1.50 bits per heavy atom. The number of nitrogens with one attached hydrogen (secondary N) is 1. The molecule has 4 nitrogen and oxygen atoms in total. The van der Waals surface area contributed by atoms with Gasteiger partial charge in [0.2, 0.25) is 5.88 Å². The Labute approximate surface area is 108 Å². The summed E-state index contributed by atoms with van der Waals surface area (Å²) in [4.78, 5) is 18.4. The zero-order valence-corrected chi connectivity index (χ0v) is 11.3. The zero-order valence-electron chi connectivity index (χ0n) is 9.16. The van der Waals surface area contributed by atoms with Gasteiger partial charge in [0.1, 0.15) is 9.39 Å². The lowest BCUT2D eigenvalue weighted by molar-refractivity contribution is 0.331. The quantitative estimate of drug-likeness (QED) is 0.775. The van der Waals surface area contributed by atoms with E-state index in [1.165, 1.54) is 12.8 Å². The Hall–Kier alpha value is -0.590. The molecule has 1 aromatic rings. The second kappa shape index (κ2) is 4.73. The van der Waals surface area contributed by atoms with Crippen molar-refractivity contribution in [1.29, 1.82) is 0 Å². The van der Waals surface area contributed by atoms with Gasteiger partial charge in [0.15, 0.2) is 0 Å². The minimum Gasteiger partial charge on any atom is -0.492 e. The van der Waals surface area contributed by atoms with Gasteiger partial charge in [-0.05, 0) is 41.4 Å². The summed E-state index contributed by atoms with van der Waals surface area (Å²) in [6, 6.07) is 0. The monoisotopic (exact) mass is 334 g/mol. The Bertz CT molecular complexity index is 444. The van der Waals surface area contributed by atoms with Gasteiger partial charge in [-0.25, -0.2) is 0 Å². The van der Waals surface area contributed by atoms with E-state index in [4.69, 9.17) is 0 Å². The summed E-state index contributed by atoms with van der Waals surface area (Å²) >= 11 is 1.80. The molecule has 1 aliphatic rings. The number of hydrogen-bond donors (Lipinski definition) is 2. The normalized spacial score (nSPS) is 25.6. The predicted octanol–water partition coefficient (Wildman–Crippen LogP) is 2.37. The lowest BCUT2D eigenvalue weighted by Gasteiger charge is -2.25. The summed E-state index contributed by atoms with van der Waals surface area (Å²) in [6.07, 6.45) is 4.51. The Morgan fingerprint density at radius 3 is 2.88 bits per heavy atom. The maximum atomic E-state index is 11.5. The van der Waals surface area contributed by atoms with E-state index in [9.17, 15) is 9.90 Å². The van der Waals surface area contributed by atoms with Gasteiger partial charge in [0, 0.05) is 5.92 Å². The topological polar surface area (TPSA) is 66.0 Å². The Balaban J connectivity index is 2.30. The Kier molecular flexibility index (Phi) is 3.51. The van der Waals surface area contributed by atoms with Crippen molar-refractivity contribution < 1.29 is 5.11 Å². The van der Waals surface area contributed by atoms with E-state index in [1.807, 2.05) is 0 Å². The Morgan fingerprint density at radius 2 is 2.25 bits per heavy atom. The first kappa shape index (κ1) is 11.9. The molecule has 2 unspecified atom stereocenters. The van der Waals surface area contributed by atoms with Gasteiger partial charge in [-0.1, -0.05) is 19.8 Å². The van der Waals surface area contributed by atoms with Crippen LogP contribution in [0.15, 0.2) is 4.79 Å². The number of aromatic hydroxyl groups is 1. The molecule has 2 atom stereocenters. The molecular formula is C11H15IN2O2. The maximum absolute atomic E-state index is 11.5. The SMILES string of the molecule is CC1CCCC(c2nc(O)c(I)c(=O)[nH]2)C1. The van der Waals surface area contributed by atoms with Crippen LogP contribution in [0.5, 0.6) is 5.88 Å². The molecule has 1 fully saturated rings. The molecule has 1 heterocycles. The molecular weight excluding hydrogens is 319 g/mol. The fourth-order valence-corrected chi connectivity index (χ4v) is 2.60. The van der Waals surface area contributed by atoms with Crippen LogP contribution in [0.3, 0.4) is 0 Å². The van der Waals surface area contributed by atoms with E-state index in [-0.39, 0.29) is 15.0 Å². The van der Waals surface area contributed by atoms with Crippen LogP contribution in [0.25, 0.3) is 0 Å². The molecule has 1 aromatic heterocycles. The van der Waals surface area contributed by atoms with E-state index in [1.54, 1.807) is 22.6 Å². The van der Waals surface area contributed by atoms with Crippen LogP contribution in [0.4, 0.5) is 0 Å². The van der Waals surface area contributed by atoms with E-state index in [0.717, 1.165) is 12.8 Å². The van der Waals surface area contributed by atoms with Crippen LogP contribution in [0.2, 0.25) is 0 Å². The fraction of sp³-hybridized carbons (Fsp3) is 0.636. The third kappa shape index (κ3) is 2.39. The molecule has 1 aliphatic carbocycles. The van der Waals surface area contributed by atoms with E-state index in [0.29, 0.717) is 17.7 Å². The molecule has 2 rings (SSSR count). The molecule has 16 heavy (non-hydrogen) atoms. The van der Waals surface area contributed by atoms with Gasteiger partial charge < -0.3 is 10.1 Å². The minimum atomic E-state index is -0.235. The van der Waals surface area contributed by atoms with Crippen LogP contribution in [0, 0.1) is 9.49 Å². The highest BCUT2D eigenvalue weighted by molar-refractivity contribution is 14.1. The van der Waals surface area contributed by atoms with Crippen molar-refractivity contribution in [2.45, 2.75) is 38.5 Å². The van der Waals surface area contributed by atoms with Gasteiger partial charge in [-0.2, -0.15) is 4.98 Å². The minimum absolute atomic E-state index is 0.141. The first-order valence-corrected chi connectivity index (χ1v) is 6.64. The largest absolute Gasteiger partial charge is 0.492 e. The molecule has 5 heteroatoms. The number of aromatic nitrogens is 2. The van der Waals surface area contributed by atoms with Gasteiger partial charge in [0.05, 0.1) is 0 Å². The van der Waals surface area contributed by atoms with Gasteiger partial charge in [-0.3, -0.25) is 4.79 Å². The average molecular weight is 334 g/mol. The van der Waals surface area contributed by atoms with Crippen molar-refractivity contribution in [1.82, 2.24) is 9.97 Å². The molecule has 0 aliphatic heterocycles. The summed E-state index contributed by atoms with van der Waals surface area (Å²) in [5.41, 5.74) is -0.235. The van der Waals surface area contributed by atoms with E-state index >= 15 is 0 Å². The van der Waals surface area contributed by atoms with Crippen molar-refractivity contribution >= 4 is 22.6 Å². The number of hydrogen-bond acceptors (Lipinski definition) is 3. The lowest BCUT2D eigenvalue weighted by Crippen LogP contribution is -2.20. The number of nitrogens with zero attached hydrogens (tertiary/aromatic N) is 1. The predicted molar refractivity (Wildman–Crippen MR) is 69.6 cm³/mol. The van der Waals surface area contributed by atoms with Gasteiger partial charge in [0.25, 0.3) is 5.56 Å². The first-order valence-electron chi connectivity index (χ1n) is 5.56. The molecule has 0 spiro atoms. The number of aromatic amines is 1. The summed E-state index contributed by atoms with van der Waals surface area (Å²) in [7, 11) is 0. The summed E-state index contributed by atoms with van der Waals surface area (Å²) in [6.45, 7) is 2.22. The van der Waals surface area contributed by atoms with Gasteiger partial charge >= 0.3 is 0 Å². The van der Waals surface area contributed by atoms with Crippen LogP contribution >= 0.6 is 22.6 Å². The molecule has 1 saturated carbocycles. The molecule has 0 radical (unpaired) electrons. The molecule has 0 bridgehead atoms. The molecule has 0 amide bonds. The van der Waals surface area contributed by atoms with E-state index < -0.39 is 0 Å². The fourth-order valence-electron chi connectivity index (χ4n) is 2.34. The van der Waals surface area contributed by atoms with Crippen LogP contribution in [0.1, 0.15) is 44.3 Å². The van der Waals surface area contributed by atoms with Crippen molar-refractivity contribution in [2.24, 2.45) is 5.92 Å². The van der Waals surface area contributed by atoms with Crippen molar-refractivity contribution in [3.8, 4) is 5.88 Å². The highest BCUT2D eigenvalue weighted by atomic mass is 127. The summed E-state index contributed by atoms with van der Waals surface area (Å²) < 4.78 is 0.269. The highest BCUT2D eigenvalue weighted by Crippen LogP contribution is 2.34. The van der Waals surface area contributed by atoms with E-state index in [2.05, 4.69) is 16.9 Å². The maximum Gasteiger partial charge on any atom is 0.268 e. The smallest absolute Gasteiger partial charge is 0.268 e. The third-order valence-electron chi connectivity index (χ3n) is 3.19. The average Bonchev–Trinajstić information content (AvgIpc) is 2.25. The molecule has 0 aromatic carbocycles. The summed E-state index contributed by atoms with van der Waals surface area (Å²) in [5.74, 6) is 1.47. The van der Waals surface area contributed by atoms with Crippen LogP contribution < -0.4 is 5.56 Å². The third-order valence-corrected chi connectivity index (χ3v) is 4.16. The van der Waals surface area contributed by atoms with Crippen LogP contribution in [-0.4, -0.2) is 15.1 Å².